The molecule has 0 N–H and O–H groups in total. The highest BCUT2D eigenvalue weighted by atomic mass is 79.9. The molecule has 0 aliphatic carbocycles. The zero-order chi connectivity index (χ0) is 14.0. The number of halogens is 1. The van der Waals surface area contributed by atoms with Gasteiger partial charge in [-0.15, -0.1) is 0 Å². The lowest BCUT2D eigenvalue weighted by atomic mass is 10.0. The number of nitrogens with zero attached hydrogens (tertiary/aromatic N) is 1. The molecular weight excluding hydrogens is 302 g/mol. The van der Waals surface area contributed by atoms with Crippen LogP contribution in [0, 0.1) is 0 Å². The fourth-order valence-electron chi connectivity index (χ4n) is 2.96. The molecule has 1 amide bonds. The van der Waals surface area contributed by atoms with E-state index < -0.39 is 0 Å². The summed E-state index contributed by atoms with van der Waals surface area (Å²) < 4.78 is 0. The average molecular weight is 324 g/mol. The molecular formula is C16H22BrNO. The summed E-state index contributed by atoms with van der Waals surface area (Å²) in [5.41, 5.74) is 3.79. The fraction of sp³-hybridized carbons (Fsp3) is 0.562. The molecule has 0 saturated heterocycles. The van der Waals surface area contributed by atoms with Gasteiger partial charge in [-0.3, -0.25) is 4.79 Å². The van der Waals surface area contributed by atoms with Crippen molar-refractivity contribution in [3.8, 4) is 0 Å². The number of fused-ring (bicyclic) bond motifs is 1. The second-order valence-corrected chi connectivity index (χ2v) is 6.79. The Kier molecular flexibility index (Phi) is 4.67. The van der Waals surface area contributed by atoms with Crippen LogP contribution >= 0.6 is 15.9 Å². The van der Waals surface area contributed by atoms with E-state index in [1.54, 1.807) is 6.92 Å². The van der Waals surface area contributed by atoms with Gasteiger partial charge in [0.2, 0.25) is 5.91 Å². The molecule has 1 aromatic rings. The van der Waals surface area contributed by atoms with E-state index in [4.69, 9.17) is 0 Å². The Morgan fingerprint density at radius 1 is 1.53 bits per heavy atom. The first-order valence-electron chi connectivity index (χ1n) is 7.08. The van der Waals surface area contributed by atoms with Gasteiger partial charge in [0.15, 0.2) is 0 Å². The molecule has 0 bridgehead atoms. The standard InChI is InChI=1S/C16H22BrNO/c1-4-5-15(17)10-13-6-7-16-14(9-13)8-11(2)18(16)12(3)19/h6-7,9,11,15H,4-5,8,10H2,1-3H3. The first-order valence-corrected chi connectivity index (χ1v) is 8.00. The van der Waals surface area contributed by atoms with Gasteiger partial charge in [0, 0.05) is 23.5 Å². The zero-order valence-corrected chi connectivity index (χ0v) is 13.5. The first-order chi connectivity index (χ1) is 9.02. The predicted molar refractivity (Wildman–Crippen MR) is 84.1 cm³/mol. The van der Waals surface area contributed by atoms with E-state index in [0.29, 0.717) is 4.83 Å². The van der Waals surface area contributed by atoms with Gasteiger partial charge >= 0.3 is 0 Å². The number of hydrogen-bond donors (Lipinski definition) is 0. The van der Waals surface area contributed by atoms with E-state index >= 15 is 0 Å². The summed E-state index contributed by atoms with van der Waals surface area (Å²) in [7, 11) is 0. The van der Waals surface area contributed by atoms with Crippen LogP contribution in [0.4, 0.5) is 5.69 Å². The van der Waals surface area contributed by atoms with Gasteiger partial charge < -0.3 is 4.90 Å². The first kappa shape index (κ1) is 14.6. The molecule has 1 aromatic carbocycles. The average Bonchev–Trinajstić information content (AvgIpc) is 2.64. The van der Waals surface area contributed by atoms with Crippen LogP contribution in [-0.2, 0) is 17.6 Å². The van der Waals surface area contributed by atoms with Gasteiger partial charge in [-0.2, -0.15) is 0 Å². The molecule has 1 aliphatic rings. The predicted octanol–water partition coefficient (Wildman–Crippen LogP) is 4.09. The highest BCUT2D eigenvalue weighted by molar-refractivity contribution is 9.09. The SMILES string of the molecule is CCCC(Br)Cc1ccc2c(c1)CC(C)N2C(C)=O. The molecule has 19 heavy (non-hydrogen) atoms. The number of hydrogen-bond acceptors (Lipinski definition) is 1. The highest BCUT2D eigenvalue weighted by Gasteiger charge is 2.28. The molecule has 0 radical (unpaired) electrons. The number of benzene rings is 1. The minimum absolute atomic E-state index is 0.142. The maximum Gasteiger partial charge on any atom is 0.224 e. The van der Waals surface area contributed by atoms with Crippen molar-refractivity contribution in [2.24, 2.45) is 0 Å². The molecule has 2 nitrogen and oxygen atoms in total. The van der Waals surface area contributed by atoms with Crippen LogP contribution in [0.5, 0.6) is 0 Å². The molecule has 2 atom stereocenters. The number of amides is 1. The number of carbonyl (C=O) groups is 1. The van der Waals surface area contributed by atoms with Crippen LogP contribution in [0.25, 0.3) is 0 Å². The van der Waals surface area contributed by atoms with E-state index in [0.717, 1.165) is 18.5 Å². The lowest BCUT2D eigenvalue weighted by Crippen LogP contribution is -2.33. The van der Waals surface area contributed by atoms with Crippen LogP contribution in [0.2, 0.25) is 0 Å². The van der Waals surface area contributed by atoms with Gasteiger partial charge in [0.25, 0.3) is 0 Å². The van der Waals surface area contributed by atoms with Crippen LogP contribution in [0.1, 0.15) is 44.7 Å². The van der Waals surface area contributed by atoms with Crippen molar-refractivity contribution in [3.05, 3.63) is 29.3 Å². The highest BCUT2D eigenvalue weighted by Crippen LogP contribution is 2.33. The topological polar surface area (TPSA) is 20.3 Å². The van der Waals surface area contributed by atoms with Gasteiger partial charge in [0.1, 0.15) is 0 Å². The third kappa shape index (κ3) is 3.19. The minimum Gasteiger partial charge on any atom is -0.309 e. The third-order valence-corrected chi connectivity index (χ3v) is 4.54. The fourth-order valence-corrected chi connectivity index (χ4v) is 3.79. The summed E-state index contributed by atoms with van der Waals surface area (Å²) >= 11 is 3.74. The van der Waals surface area contributed by atoms with Crippen molar-refractivity contribution >= 4 is 27.5 Å². The molecule has 1 aliphatic heterocycles. The molecule has 0 fully saturated rings. The Balaban J connectivity index is 2.18. The number of anilines is 1. The summed E-state index contributed by atoms with van der Waals surface area (Å²) in [4.78, 5) is 14.2. The van der Waals surface area contributed by atoms with Crippen molar-refractivity contribution in [1.82, 2.24) is 0 Å². The van der Waals surface area contributed by atoms with Crippen LogP contribution in [0.3, 0.4) is 0 Å². The quantitative estimate of drug-likeness (QED) is 0.764. The van der Waals surface area contributed by atoms with Gasteiger partial charge in [0.05, 0.1) is 0 Å². The molecule has 2 rings (SSSR count). The van der Waals surface area contributed by atoms with Crippen molar-refractivity contribution in [2.75, 3.05) is 4.90 Å². The Morgan fingerprint density at radius 3 is 2.89 bits per heavy atom. The van der Waals surface area contributed by atoms with Crippen molar-refractivity contribution in [3.63, 3.8) is 0 Å². The monoisotopic (exact) mass is 323 g/mol. The Labute approximate surface area is 124 Å². The van der Waals surface area contributed by atoms with Crippen LogP contribution < -0.4 is 4.90 Å². The summed E-state index contributed by atoms with van der Waals surface area (Å²) in [6.07, 6.45) is 4.45. The van der Waals surface area contributed by atoms with Crippen LogP contribution in [-0.4, -0.2) is 16.8 Å². The summed E-state index contributed by atoms with van der Waals surface area (Å²) in [5.74, 6) is 0.142. The molecule has 0 spiro atoms. The van der Waals surface area contributed by atoms with Gasteiger partial charge in [-0.25, -0.2) is 0 Å². The Hall–Kier alpha value is -0.830. The molecule has 0 aromatic heterocycles. The molecule has 0 saturated carbocycles. The van der Waals surface area contributed by atoms with E-state index in [2.05, 4.69) is 48.0 Å². The van der Waals surface area contributed by atoms with Gasteiger partial charge in [-0.05, 0) is 43.4 Å². The molecule has 1 heterocycles. The molecule has 104 valence electrons. The second-order valence-electron chi connectivity index (χ2n) is 5.50. The van der Waals surface area contributed by atoms with E-state index in [1.807, 2.05) is 4.90 Å². The van der Waals surface area contributed by atoms with E-state index in [1.165, 1.54) is 24.0 Å². The third-order valence-electron chi connectivity index (χ3n) is 3.76. The largest absolute Gasteiger partial charge is 0.309 e. The lowest BCUT2D eigenvalue weighted by molar-refractivity contribution is -0.116. The molecule has 2 unspecified atom stereocenters. The van der Waals surface area contributed by atoms with Crippen molar-refractivity contribution in [2.45, 2.75) is 57.3 Å². The van der Waals surface area contributed by atoms with Crippen LogP contribution in [0.15, 0.2) is 18.2 Å². The smallest absolute Gasteiger partial charge is 0.224 e. The normalized spacial score (nSPS) is 19.4. The number of carbonyl (C=O) groups excluding carboxylic acids is 1. The maximum absolute atomic E-state index is 11.7. The Bertz CT molecular complexity index is 472. The summed E-state index contributed by atoms with van der Waals surface area (Å²) in [6, 6.07) is 6.84. The summed E-state index contributed by atoms with van der Waals surface area (Å²) in [6.45, 7) is 5.98. The maximum atomic E-state index is 11.7. The number of rotatable bonds is 4. The zero-order valence-electron chi connectivity index (χ0n) is 11.9. The second kappa shape index (κ2) is 6.08. The minimum atomic E-state index is 0.142. The lowest BCUT2D eigenvalue weighted by Gasteiger charge is -2.20. The van der Waals surface area contributed by atoms with Crippen molar-refractivity contribution in [1.29, 1.82) is 0 Å². The van der Waals surface area contributed by atoms with Gasteiger partial charge in [-0.1, -0.05) is 41.4 Å². The van der Waals surface area contributed by atoms with Crippen molar-refractivity contribution < 1.29 is 4.79 Å². The van der Waals surface area contributed by atoms with E-state index in [9.17, 15) is 4.79 Å². The Morgan fingerprint density at radius 2 is 2.26 bits per heavy atom. The molecule has 3 heteroatoms. The summed E-state index contributed by atoms with van der Waals surface area (Å²) in [5, 5.41) is 0. The van der Waals surface area contributed by atoms with E-state index in [-0.39, 0.29) is 11.9 Å². The number of alkyl halides is 1.